The molecule has 0 spiro atoms. The molecule has 0 saturated carbocycles. The molecule has 1 aromatic heterocycles. The van der Waals surface area contributed by atoms with Crippen molar-refractivity contribution < 1.29 is 9.47 Å². The lowest BCUT2D eigenvalue weighted by molar-refractivity contribution is 0.285. The van der Waals surface area contributed by atoms with E-state index in [0.717, 1.165) is 22.3 Å². The molecule has 0 atom stereocenters. The number of nitrogens with zero attached hydrogens (tertiary/aromatic N) is 2. The van der Waals surface area contributed by atoms with E-state index in [2.05, 4.69) is 5.43 Å². The molecule has 7 heteroatoms. The van der Waals surface area contributed by atoms with Gasteiger partial charge in [-0.1, -0.05) is 12.1 Å². The van der Waals surface area contributed by atoms with Gasteiger partial charge in [-0.2, -0.15) is 0 Å². The minimum atomic E-state index is -0.0421. The molecule has 2 aromatic carbocycles. The largest absolute Gasteiger partial charge is 0.497 e. The molecule has 0 unspecified atom stereocenters. The maximum Gasteiger partial charge on any atom is 0.329 e. The van der Waals surface area contributed by atoms with E-state index in [4.69, 9.17) is 15.3 Å². The molecule has 0 saturated heterocycles. The summed E-state index contributed by atoms with van der Waals surface area (Å²) in [6.45, 7) is 1.47. The van der Waals surface area contributed by atoms with Gasteiger partial charge in [0.05, 0.1) is 31.4 Å². The lowest BCUT2D eigenvalue weighted by Crippen LogP contribution is -2.28. The van der Waals surface area contributed by atoms with Crippen LogP contribution in [-0.4, -0.2) is 22.9 Å². The number of imidazole rings is 1. The van der Waals surface area contributed by atoms with Crippen LogP contribution in [0.25, 0.3) is 11.0 Å². The quantitative estimate of drug-likeness (QED) is 0.561. The summed E-state index contributed by atoms with van der Waals surface area (Å²) >= 11 is 0. The molecule has 0 bridgehead atoms. The lowest BCUT2D eigenvalue weighted by atomic mass is 10.2. The van der Waals surface area contributed by atoms with Gasteiger partial charge in [0.25, 0.3) is 0 Å². The van der Waals surface area contributed by atoms with Gasteiger partial charge in [-0.05, 0) is 29.8 Å². The summed E-state index contributed by atoms with van der Waals surface area (Å²) in [7, 11) is 1.63. The van der Waals surface area contributed by atoms with E-state index in [1.165, 1.54) is 0 Å². The fourth-order valence-electron chi connectivity index (χ4n) is 3.16. The van der Waals surface area contributed by atoms with Crippen LogP contribution in [0.4, 0.5) is 5.69 Å². The molecule has 3 aromatic rings. The number of benzene rings is 2. The Bertz CT molecular complexity index is 957. The van der Waals surface area contributed by atoms with E-state index in [9.17, 15) is 4.79 Å². The van der Waals surface area contributed by atoms with Gasteiger partial charge in [-0.3, -0.25) is 15.0 Å². The summed E-state index contributed by atoms with van der Waals surface area (Å²) in [6.07, 6.45) is 0. The third kappa shape index (κ3) is 2.13. The Kier molecular flexibility index (Phi) is 3.42. The van der Waals surface area contributed by atoms with Crippen LogP contribution in [0.5, 0.6) is 11.5 Å². The number of hydrogen-bond acceptors (Lipinski definition) is 5. The average molecular weight is 326 g/mol. The number of rotatable bonds is 4. The fraction of sp³-hybridized carbons (Fsp3) is 0.235. The average Bonchev–Trinajstić information content (AvgIpc) is 2.90. The molecule has 2 heterocycles. The zero-order valence-electron chi connectivity index (χ0n) is 13.3. The molecule has 1 aliphatic rings. The second-order valence-corrected chi connectivity index (χ2v) is 5.67. The Morgan fingerprint density at radius 1 is 1.25 bits per heavy atom. The van der Waals surface area contributed by atoms with E-state index in [-0.39, 0.29) is 5.69 Å². The predicted molar refractivity (Wildman–Crippen MR) is 91.6 cm³/mol. The third-order valence-corrected chi connectivity index (χ3v) is 4.35. The normalized spacial score (nSPS) is 12.9. The highest BCUT2D eigenvalue weighted by molar-refractivity contribution is 5.89. The highest BCUT2D eigenvalue weighted by atomic mass is 16.5. The van der Waals surface area contributed by atoms with Crippen molar-refractivity contribution in [3.05, 3.63) is 52.4 Å². The van der Waals surface area contributed by atoms with Crippen molar-refractivity contribution in [3.63, 3.8) is 0 Å². The maximum atomic E-state index is 12.8. The zero-order chi connectivity index (χ0) is 16.7. The standard InChI is InChI=1S/C17H18N4O3/c1-23-12-4-2-11(3-5-12)10-21-14-7-6-13(19-18)16-15(14)20(17(21)22)8-9-24-16/h2-7,19H,8-10,18H2,1H3. The van der Waals surface area contributed by atoms with Crippen molar-refractivity contribution in [1.29, 1.82) is 0 Å². The maximum absolute atomic E-state index is 12.8. The molecule has 4 rings (SSSR count). The summed E-state index contributed by atoms with van der Waals surface area (Å²) in [6, 6.07) is 11.4. The Labute approximate surface area is 138 Å². The Morgan fingerprint density at radius 3 is 2.75 bits per heavy atom. The summed E-state index contributed by atoms with van der Waals surface area (Å²) in [4.78, 5) is 12.8. The second kappa shape index (κ2) is 5.61. The molecule has 124 valence electrons. The molecule has 0 amide bonds. The van der Waals surface area contributed by atoms with Gasteiger partial charge in [0.2, 0.25) is 0 Å². The van der Waals surface area contributed by atoms with Gasteiger partial charge in [0, 0.05) is 0 Å². The van der Waals surface area contributed by atoms with E-state index >= 15 is 0 Å². The number of hydrazine groups is 1. The zero-order valence-corrected chi connectivity index (χ0v) is 13.3. The summed E-state index contributed by atoms with van der Waals surface area (Å²) in [5, 5.41) is 0. The molecule has 7 nitrogen and oxygen atoms in total. The van der Waals surface area contributed by atoms with E-state index < -0.39 is 0 Å². The van der Waals surface area contributed by atoms with Gasteiger partial charge in [0.15, 0.2) is 5.75 Å². The van der Waals surface area contributed by atoms with Crippen LogP contribution in [0.1, 0.15) is 5.56 Å². The molecule has 3 N–H and O–H groups in total. The van der Waals surface area contributed by atoms with Crippen molar-refractivity contribution in [2.45, 2.75) is 13.1 Å². The molecule has 0 radical (unpaired) electrons. The fourth-order valence-corrected chi connectivity index (χ4v) is 3.16. The first kappa shape index (κ1) is 14.6. The minimum absolute atomic E-state index is 0.0421. The van der Waals surface area contributed by atoms with E-state index in [0.29, 0.717) is 31.1 Å². The number of nitrogens with two attached hydrogens (primary N) is 1. The predicted octanol–water partition coefficient (Wildman–Crippen LogP) is 1.54. The second-order valence-electron chi connectivity index (χ2n) is 5.67. The number of methoxy groups -OCH3 is 1. The van der Waals surface area contributed by atoms with Gasteiger partial charge >= 0.3 is 5.69 Å². The van der Waals surface area contributed by atoms with Crippen molar-refractivity contribution in [2.75, 3.05) is 19.1 Å². The van der Waals surface area contributed by atoms with Crippen LogP contribution in [0.2, 0.25) is 0 Å². The van der Waals surface area contributed by atoms with Crippen molar-refractivity contribution in [3.8, 4) is 11.5 Å². The lowest BCUT2D eigenvalue weighted by Gasteiger charge is -2.18. The monoisotopic (exact) mass is 326 g/mol. The first-order valence-corrected chi connectivity index (χ1v) is 7.71. The topological polar surface area (TPSA) is 83.4 Å². The van der Waals surface area contributed by atoms with E-state index in [1.807, 2.05) is 36.4 Å². The first-order chi connectivity index (χ1) is 11.7. The van der Waals surface area contributed by atoms with Crippen LogP contribution in [0.15, 0.2) is 41.2 Å². The van der Waals surface area contributed by atoms with Crippen LogP contribution >= 0.6 is 0 Å². The van der Waals surface area contributed by atoms with Gasteiger partial charge in [-0.15, -0.1) is 0 Å². The minimum Gasteiger partial charge on any atom is -0.497 e. The summed E-state index contributed by atoms with van der Waals surface area (Å²) < 4.78 is 14.4. The molecular weight excluding hydrogens is 308 g/mol. The molecule has 0 aliphatic carbocycles. The van der Waals surface area contributed by atoms with Crippen molar-refractivity contribution in [2.24, 2.45) is 5.84 Å². The molecule has 0 fully saturated rings. The number of ether oxygens (including phenoxy) is 2. The van der Waals surface area contributed by atoms with E-state index in [1.54, 1.807) is 16.2 Å². The summed E-state index contributed by atoms with van der Waals surface area (Å²) in [5.74, 6) is 6.97. The van der Waals surface area contributed by atoms with Gasteiger partial charge in [0.1, 0.15) is 17.9 Å². The Morgan fingerprint density at radius 2 is 2.04 bits per heavy atom. The van der Waals surface area contributed by atoms with Crippen LogP contribution in [0.3, 0.4) is 0 Å². The third-order valence-electron chi connectivity index (χ3n) is 4.35. The van der Waals surface area contributed by atoms with Gasteiger partial charge < -0.3 is 14.9 Å². The SMILES string of the molecule is COc1ccc(Cn2c(=O)n3c4c(c(NN)ccc42)OCC3)cc1. The highest BCUT2D eigenvalue weighted by Gasteiger charge is 2.23. The van der Waals surface area contributed by atoms with Crippen molar-refractivity contribution >= 4 is 16.7 Å². The van der Waals surface area contributed by atoms with Crippen LogP contribution in [0, 0.1) is 0 Å². The number of nitrogen functional groups attached to an aromatic ring is 1. The van der Waals surface area contributed by atoms with Crippen LogP contribution < -0.4 is 26.4 Å². The highest BCUT2D eigenvalue weighted by Crippen LogP contribution is 2.35. The number of aromatic nitrogens is 2. The molecule has 24 heavy (non-hydrogen) atoms. The van der Waals surface area contributed by atoms with Crippen molar-refractivity contribution in [1.82, 2.24) is 9.13 Å². The first-order valence-electron chi connectivity index (χ1n) is 7.71. The number of nitrogens with one attached hydrogen (secondary N) is 1. The Balaban J connectivity index is 1.85. The van der Waals surface area contributed by atoms with Crippen LogP contribution in [-0.2, 0) is 13.1 Å². The van der Waals surface area contributed by atoms with Gasteiger partial charge in [-0.25, -0.2) is 4.79 Å². The Hall–Kier alpha value is -2.93. The number of anilines is 1. The summed E-state index contributed by atoms with van der Waals surface area (Å²) in [5.41, 5.74) is 5.92. The smallest absolute Gasteiger partial charge is 0.329 e. The number of hydrogen-bond donors (Lipinski definition) is 2. The molecule has 1 aliphatic heterocycles. The molecular formula is C17H18N4O3.